The molecule has 0 bridgehead atoms. The van der Waals surface area contributed by atoms with Crippen LogP contribution in [0.15, 0.2) is 30.3 Å². The van der Waals surface area contributed by atoms with Crippen molar-refractivity contribution >= 4 is 35.1 Å². The first-order valence-electron chi connectivity index (χ1n) is 4.07. The van der Waals surface area contributed by atoms with E-state index in [0.29, 0.717) is 5.52 Å². The SMILES string of the molecule is Cl.Nc1nc2ccccc2cc1C(=O)O. The molecule has 0 radical (unpaired) electrons. The van der Waals surface area contributed by atoms with Gasteiger partial charge in [-0.2, -0.15) is 0 Å². The molecule has 2 rings (SSSR count). The third kappa shape index (κ3) is 1.99. The van der Waals surface area contributed by atoms with E-state index in [1.807, 2.05) is 12.1 Å². The molecular weight excluding hydrogens is 216 g/mol. The lowest BCUT2D eigenvalue weighted by molar-refractivity contribution is 0.0698. The lowest BCUT2D eigenvalue weighted by Crippen LogP contribution is -2.04. The molecule has 1 aromatic carbocycles. The van der Waals surface area contributed by atoms with Crippen LogP contribution < -0.4 is 5.73 Å². The van der Waals surface area contributed by atoms with Crippen LogP contribution in [0.5, 0.6) is 0 Å². The number of anilines is 1. The summed E-state index contributed by atoms with van der Waals surface area (Å²) in [6.45, 7) is 0. The Kier molecular flexibility index (Phi) is 3.11. The molecule has 2 aromatic rings. The first kappa shape index (κ1) is 11.3. The first-order chi connectivity index (χ1) is 6.68. The van der Waals surface area contributed by atoms with Gasteiger partial charge in [-0.05, 0) is 12.1 Å². The van der Waals surface area contributed by atoms with E-state index in [2.05, 4.69) is 4.98 Å². The van der Waals surface area contributed by atoms with Crippen LogP contribution in [0.25, 0.3) is 10.9 Å². The molecule has 0 aliphatic heterocycles. The summed E-state index contributed by atoms with van der Waals surface area (Å²) in [6.07, 6.45) is 0. The number of aromatic nitrogens is 1. The number of nitrogens with two attached hydrogens (primary N) is 1. The van der Waals surface area contributed by atoms with Gasteiger partial charge in [-0.25, -0.2) is 9.78 Å². The molecule has 0 unspecified atom stereocenters. The Labute approximate surface area is 92.1 Å². The van der Waals surface area contributed by atoms with E-state index in [9.17, 15) is 4.79 Å². The van der Waals surface area contributed by atoms with E-state index in [1.165, 1.54) is 6.07 Å². The highest BCUT2D eigenvalue weighted by Gasteiger charge is 2.09. The smallest absolute Gasteiger partial charge is 0.339 e. The summed E-state index contributed by atoms with van der Waals surface area (Å²) < 4.78 is 0. The first-order valence-corrected chi connectivity index (χ1v) is 4.07. The number of halogens is 1. The van der Waals surface area contributed by atoms with Crippen molar-refractivity contribution in [1.82, 2.24) is 4.98 Å². The molecule has 0 amide bonds. The van der Waals surface area contributed by atoms with Crippen LogP contribution in [0.2, 0.25) is 0 Å². The quantitative estimate of drug-likeness (QED) is 0.776. The number of fused-ring (bicyclic) bond motifs is 1. The zero-order valence-corrected chi connectivity index (χ0v) is 8.49. The minimum absolute atomic E-state index is 0. The van der Waals surface area contributed by atoms with E-state index in [4.69, 9.17) is 10.8 Å². The third-order valence-corrected chi connectivity index (χ3v) is 1.98. The molecule has 4 nitrogen and oxygen atoms in total. The van der Waals surface area contributed by atoms with Crippen molar-refractivity contribution in [3.05, 3.63) is 35.9 Å². The third-order valence-electron chi connectivity index (χ3n) is 1.98. The Balaban J connectivity index is 0.00000112. The van der Waals surface area contributed by atoms with Gasteiger partial charge in [0.2, 0.25) is 0 Å². The maximum atomic E-state index is 10.7. The normalized spacial score (nSPS) is 9.60. The molecule has 0 aliphatic carbocycles. The van der Waals surface area contributed by atoms with Gasteiger partial charge in [0.25, 0.3) is 0 Å². The van der Waals surface area contributed by atoms with Crippen LogP contribution in [-0.4, -0.2) is 16.1 Å². The van der Waals surface area contributed by atoms with Gasteiger partial charge in [0.15, 0.2) is 0 Å². The highest BCUT2D eigenvalue weighted by molar-refractivity contribution is 5.97. The molecule has 1 heterocycles. The second-order valence-electron chi connectivity index (χ2n) is 2.92. The van der Waals surface area contributed by atoms with Crippen molar-refractivity contribution in [2.75, 3.05) is 5.73 Å². The number of pyridine rings is 1. The van der Waals surface area contributed by atoms with Crippen LogP contribution in [0.4, 0.5) is 5.82 Å². The predicted octanol–water partition coefficient (Wildman–Crippen LogP) is 1.94. The van der Waals surface area contributed by atoms with E-state index >= 15 is 0 Å². The molecule has 0 atom stereocenters. The van der Waals surface area contributed by atoms with Gasteiger partial charge in [0, 0.05) is 5.39 Å². The highest BCUT2D eigenvalue weighted by atomic mass is 35.5. The van der Waals surface area contributed by atoms with E-state index in [0.717, 1.165) is 5.39 Å². The van der Waals surface area contributed by atoms with Crippen LogP contribution in [0.3, 0.4) is 0 Å². The van der Waals surface area contributed by atoms with Crippen molar-refractivity contribution in [2.24, 2.45) is 0 Å². The molecule has 0 aliphatic rings. The number of nitrogen functional groups attached to an aromatic ring is 1. The molecule has 5 heteroatoms. The van der Waals surface area contributed by atoms with Crippen molar-refractivity contribution in [2.45, 2.75) is 0 Å². The number of hydrogen-bond acceptors (Lipinski definition) is 3. The Morgan fingerprint density at radius 2 is 2.00 bits per heavy atom. The Morgan fingerprint density at radius 1 is 1.33 bits per heavy atom. The number of carbonyl (C=O) groups is 1. The fraction of sp³-hybridized carbons (Fsp3) is 0. The Bertz CT molecular complexity index is 514. The second-order valence-corrected chi connectivity index (χ2v) is 2.92. The van der Waals surface area contributed by atoms with Crippen LogP contribution in [-0.2, 0) is 0 Å². The fourth-order valence-electron chi connectivity index (χ4n) is 1.30. The summed E-state index contributed by atoms with van der Waals surface area (Å²) >= 11 is 0. The summed E-state index contributed by atoms with van der Waals surface area (Å²) in [5.74, 6) is -1.00. The predicted molar refractivity (Wildman–Crippen MR) is 60.4 cm³/mol. The van der Waals surface area contributed by atoms with E-state index in [-0.39, 0.29) is 23.8 Å². The average Bonchev–Trinajstić information content (AvgIpc) is 2.16. The zero-order chi connectivity index (χ0) is 10.1. The molecule has 1 aromatic heterocycles. The molecule has 3 N–H and O–H groups in total. The van der Waals surface area contributed by atoms with Crippen LogP contribution in [0, 0.1) is 0 Å². The number of carboxylic acid groups (broad SMARTS) is 1. The molecule has 0 spiro atoms. The highest BCUT2D eigenvalue weighted by Crippen LogP contribution is 2.17. The van der Waals surface area contributed by atoms with Crippen molar-refractivity contribution in [3.8, 4) is 0 Å². The van der Waals surface area contributed by atoms with Crippen molar-refractivity contribution < 1.29 is 9.90 Å². The number of nitrogens with zero attached hydrogens (tertiary/aromatic N) is 1. The van der Waals surface area contributed by atoms with Gasteiger partial charge < -0.3 is 10.8 Å². The summed E-state index contributed by atoms with van der Waals surface area (Å²) in [7, 11) is 0. The molecule has 15 heavy (non-hydrogen) atoms. The number of hydrogen-bond donors (Lipinski definition) is 2. The van der Waals surface area contributed by atoms with E-state index < -0.39 is 5.97 Å². The van der Waals surface area contributed by atoms with Crippen LogP contribution >= 0.6 is 12.4 Å². The number of rotatable bonds is 1. The van der Waals surface area contributed by atoms with Gasteiger partial charge in [0.05, 0.1) is 5.52 Å². The maximum Gasteiger partial charge on any atom is 0.339 e. The minimum atomic E-state index is -1.05. The van der Waals surface area contributed by atoms with Gasteiger partial charge >= 0.3 is 5.97 Å². The summed E-state index contributed by atoms with van der Waals surface area (Å²) in [6, 6.07) is 8.77. The second kappa shape index (κ2) is 4.14. The topological polar surface area (TPSA) is 76.2 Å². The number of para-hydroxylation sites is 1. The van der Waals surface area contributed by atoms with Gasteiger partial charge in [-0.15, -0.1) is 12.4 Å². The molecule has 78 valence electrons. The Morgan fingerprint density at radius 3 is 2.67 bits per heavy atom. The standard InChI is InChI=1S/C10H8N2O2.ClH/c11-9-7(10(13)14)5-6-3-1-2-4-8(6)12-9;/h1-5H,(H2,11,12)(H,13,14);1H. The van der Waals surface area contributed by atoms with Gasteiger partial charge in [0.1, 0.15) is 11.4 Å². The largest absolute Gasteiger partial charge is 0.478 e. The molecular formula is C10H9ClN2O2. The molecule has 0 saturated carbocycles. The summed E-state index contributed by atoms with van der Waals surface area (Å²) in [5, 5.41) is 9.58. The van der Waals surface area contributed by atoms with Gasteiger partial charge in [-0.3, -0.25) is 0 Å². The summed E-state index contributed by atoms with van der Waals surface area (Å²) in [4.78, 5) is 14.7. The maximum absolute atomic E-state index is 10.7. The fourth-order valence-corrected chi connectivity index (χ4v) is 1.30. The molecule has 0 fully saturated rings. The monoisotopic (exact) mass is 224 g/mol. The number of aromatic carboxylic acids is 1. The summed E-state index contributed by atoms with van der Waals surface area (Å²) in [5.41, 5.74) is 6.24. The average molecular weight is 225 g/mol. The van der Waals surface area contributed by atoms with E-state index in [1.54, 1.807) is 12.1 Å². The minimum Gasteiger partial charge on any atom is -0.478 e. The van der Waals surface area contributed by atoms with Crippen molar-refractivity contribution in [1.29, 1.82) is 0 Å². The number of benzene rings is 1. The lowest BCUT2D eigenvalue weighted by atomic mass is 10.1. The number of carboxylic acids is 1. The lowest BCUT2D eigenvalue weighted by Gasteiger charge is -2.02. The Hall–Kier alpha value is -1.81. The van der Waals surface area contributed by atoms with Crippen LogP contribution in [0.1, 0.15) is 10.4 Å². The zero-order valence-electron chi connectivity index (χ0n) is 7.68. The van der Waals surface area contributed by atoms with Gasteiger partial charge in [-0.1, -0.05) is 18.2 Å². The molecule has 0 saturated heterocycles. The van der Waals surface area contributed by atoms with Crippen molar-refractivity contribution in [3.63, 3.8) is 0 Å².